The largest absolute Gasteiger partial charge is 0.128 e. The van der Waals surface area contributed by atoms with Gasteiger partial charge in [-0.1, -0.05) is 43.2 Å². The molecule has 0 unspecified atom stereocenters. The molecule has 0 saturated heterocycles. The second kappa shape index (κ2) is 5.19. The van der Waals surface area contributed by atoms with Crippen molar-refractivity contribution in [2.24, 2.45) is 5.41 Å². The van der Waals surface area contributed by atoms with Crippen LogP contribution in [0.5, 0.6) is 0 Å². The number of halogens is 1. The van der Waals surface area contributed by atoms with E-state index >= 15 is 0 Å². The van der Waals surface area contributed by atoms with E-state index in [-0.39, 0.29) is 5.41 Å². The van der Waals surface area contributed by atoms with Crippen LogP contribution >= 0.6 is 27.3 Å². The van der Waals surface area contributed by atoms with E-state index in [0.29, 0.717) is 0 Å². The molecule has 0 nitrogen and oxygen atoms in total. The lowest BCUT2D eigenvalue weighted by Gasteiger charge is -2.30. The molecule has 0 spiro atoms. The number of hydrogen-bond donors (Lipinski definition) is 0. The van der Waals surface area contributed by atoms with Crippen molar-refractivity contribution >= 4 is 42.9 Å². The first kappa shape index (κ1) is 15.4. The Morgan fingerprint density at radius 3 is 2.65 bits per heavy atom. The van der Waals surface area contributed by atoms with Gasteiger partial charge in [0, 0.05) is 10.1 Å². The fraction of sp³-hybridized carbons (Fsp3) is 0.333. The lowest BCUT2D eigenvalue weighted by atomic mass is 9.73. The topological polar surface area (TPSA) is 0 Å². The Bertz CT molecular complexity index is 919. The highest BCUT2D eigenvalue weighted by molar-refractivity contribution is 9.11. The third-order valence-electron chi connectivity index (χ3n) is 5.53. The van der Waals surface area contributed by atoms with E-state index in [0.717, 1.165) is 12.8 Å². The summed E-state index contributed by atoms with van der Waals surface area (Å²) >= 11 is 5.50. The number of benzene rings is 1. The van der Waals surface area contributed by atoms with Gasteiger partial charge in [0.25, 0.3) is 0 Å². The quantitative estimate of drug-likeness (QED) is 0.512. The minimum Gasteiger partial charge on any atom is -0.128 e. The molecule has 1 heterocycles. The molecule has 0 aliphatic heterocycles. The second-order valence-corrected chi connectivity index (χ2v) is 9.73. The molecular weight excluding hydrogens is 364 g/mol. The van der Waals surface area contributed by atoms with Crippen LogP contribution in [0.15, 0.2) is 45.3 Å². The minimum absolute atomic E-state index is 0.105. The van der Waals surface area contributed by atoms with Gasteiger partial charge < -0.3 is 0 Å². The molecule has 0 radical (unpaired) electrons. The van der Waals surface area contributed by atoms with Gasteiger partial charge in [-0.05, 0) is 82.4 Å². The highest BCUT2D eigenvalue weighted by Crippen LogP contribution is 2.51. The summed E-state index contributed by atoms with van der Waals surface area (Å²) in [4.78, 5) is 0. The first-order chi connectivity index (χ1) is 10.9. The fourth-order valence-electron chi connectivity index (χ4n) is 4.33. The summed E-state index contributed by atoms with van der Waals surface area (Å²) in [6.45, 7) is 9.40. The molecule has 0 fully saturated rings. The minimum atomic E-state index is 0.105. The van der Waals surface area contributed by atoms with Crippen molar-refractivity contribution in [3.05, 3.63) is 62.0 Å². The van der Waals surface area contributed by atoms with Gasteiger partial charge in [-0.3, -0.25) is 0 Å². The Morgan fingerprint density at radius 1 is 1.17 bits per heavy atom. The number of aryl methyl sites for hydroxylation is 1. The van der Waals surface area contributed by atoms with Crippen LogP contribution in [-0.2, 0) is 6.42 Å². The van der Waals surface area contributed by atoms with Gasteiger partial charge in [0.05, 0.1) is 3.79 Å². The van der Waals surface area contributed by atoms with Crippen LogP contribution in [0.1, 0.15) is 43.9 Å². The molecule has 2 aromatic rings. The number of thiophene rings is 1. The molecule has 0 amide bonds. The predicted octanol–water partition coefficient (Wildman–Crippen LogP) is 7.21. The Kier molecular flexibility index (Phi) is 3.48. The van der Waals surface area contributed by atoms with Gasteiger partial charge in [-0.25, -0.2) is 0 Å². The van der Waals surface area contributed by atoms with Crippen LogP contribution < -0.4 is 0 Å². The summed E-state index contributed by atoms with van der Waals surface area (Å²) in [5, 5.41) is 1.41. The van der Waals surface area contributed by atoms with Crippen molar-refractivity contribution in [3.8, 4) is 0 Å². The van der Waals surface area contributed by atoms with Crippen molar-refractivity contribution in [1.29, 1.82) is 0 Å². The van der Waals surface area contributed by atoms with Crippen LogP contribution in [0.25, 0.3) is 15.7 Å². The van der Waals surface area contributed by atoms with Crippen molar-refractivity contribution < 1.29 is 0 Å². The van der Waals surface area contributed by atoms with E-state index in [1.54, 1.807) is 5.57 Å². The average Bonchev–Trinajstić information content (AvgIpc) is 3.17. The number of allylic oxidation sites excluding steroid dienone is 6. The van der Waals surface area contributed by atoms with Crippen molar-refractivity contribution in [1.82, 2.24) is 0 Å². The maximum Gasteiger partial charge on any atom is 0.0711 e. The van der Waals surface area contributed by atoms with E-state index in [2.05, 4.69) is 74.0 Å². The Labute approximate surface area is 150 Å². The molecule has 0 bridgehead atoms. The molecule has 2 aliphatic carbocycles. The van der Waals surface area contributed by atoms with Crippen molar-refractivity contribution in [2.75, 3.05) is 0 Å². The van der Waals surface area contributed by atoms with E-state index in [1.165, 1.54) is 41.7 Å². The van der Waals surface area contributed by atoms with Crippen LogP contribution in [0.4, 0.5) is 0 Å². The lowest BCUT2D eigenvalue weighted by Crippen LogP contribution is -2.16. The van der Waals surface area contributed by atoms with Gasteiger partial charge in [0.1, 0.15) is 0 Å². The van der Waals surface area contributed by atoms with Gasteiger partial charge in [0.15, 0.2) is 0 Å². The van der Waals surface area contributed by atoms with Crippen LogP contribution in [0, 0.1) is 12.3 Å². The average molecular weight is 385 g/mol. The summed E-state index contributed by atoms with van der Waals surface area (Å²) in [6, 6.07) is 4.71. The summed E-state index contributed by atoms with van der Waals surface area (Å²) < 4.78 is 2.62. The molecule has 1 aromatic carbocycles. The van der Waals surface area contributed by atoms with Crippen LogP contribution in [-0.4, -0.2) is 0 Å². The Morgan fingerprint density at radius 2 is 1.96 bits per heavy atom. The third-order valence-corrected chi connectivity index (χ3v) is 7.11. The van der Waals surface area contributed by atoms with Gasteiger partial charge in [0.2, 0.25) is 0 Å². The Hall–Kier alpha value is -1.12. The maximum absolute atomic E-state index is 3.66. The SMILES string of the molecule is CC1=C(C(C)(C)C2=CC=CC2)c2cc3sc(Br)cc3c(C)c2C1. The molecular formula is C21H21BrS. The normalized spacial score (nSPS) is 17.3. The second-order valence-electron chi connectivity index (χ2n) is 7.27. The smallest absolute Gasteiger partial charge is 0.0711 e. The number of fused-ring (bicyclic) bond motifs is 2. The van der Waals surface area contributed by atoms with Crippen molar-refractivity contribution in [2.45, 2.75) is 40.5 Å². The molecule has 2 aliphatic rings. The number of rotatable bonds is 2. The van der Waals surface area contributed by atoms with Crippen LogP contribution in [0.3, 0.4) is 0 Å². The fourth-order valence-corrected chi connectivity index (χ4v) is 5.97. The first-order valence-corrected chi connectivity index (χ1v) is 9.79. The molecule has 23 heavy (non-hydrogen) atoms. The molecule has 0 saturated carbocycles. The molecule has 4 rings (SSSR count). The van der Waals surface area contributed by atoms with Gasteiger partial charge >= 0.3 is 0 Å². The first-order valence-electron chi connectivity index (χ1n) is 8.18. The van der Waals surface area contributed by atoms with Gasteiger partial charge in [-0.15, -0.1) is 11.3 Å². The van der Waals surface area contributed by atoms with Crippen molar-refractivity contribution in [3.63, 3.8) is 0 Å². The van der Waals surface area contributed by atoms with E-state index in [1.807, 2.05) is 11.3 Å². The zero-order chi connectivity index (χ0) is 16.4. The summed E-state index contributed by atoms with van der Waals surface area (Å²) in [5.74, 6) is 0. The lowest BCUT2D eigenvalue weighted by molar-refractivity contribution is 0.590. The summed E-state index contributed by atoms with van der Waals surface area (Å²) in [5.41, 5.74) is 9.21. The summed E-state index contributed by atoms with van der Waals surface area (Å²) in [6.07, 6.45) is 8.97. The maximum atomic E-state index is 3.66. The molecule has 2 heteroatoms. The van der Waals surface area contributed by atoms with Crippen LogP contribution in [0.2, 0.25) is 0 Å². The third kappa shape index (κ3) is 2.22. The standard InChI is InChI=1S/C21H21BrS/c1-12-9-15-13(2)16-11-19(22)23-18(16)10-17(15)20(12)21(3,4)14-7-5-6-8-14/h5-7,10-11H,8-9H2,1-4H3. The van der Waals surface area contributed by atoms with E-state index in [9.17, 15) is 0 Å². The van der Waals surface area contributed by atoms with Gasteiger partial charge in [-0.2, -0.15) is 0 Å². The Balaban J connectivity index is 1.93. The highest BCUT2D eigenvalue weighted by Gasteiger charge is 2.35. The zero-order valence-electron chi connectivity index (χ0n) is 14.1. The predicted molar refractivity (Wildman–Crippen MR) is 106 cm³/mol. The van der Waals surface area contributed by atoms with E-state index < -0.39 is 0 Å². The molecule has 1 aromatic heterocycles. The molecule has 0 atom stereocenters. The monoisotopic (exact) mass is 384 g/mol. The zero-order valence-corrected chi connectivity index (χ0v) is 16.5. The van der Waals surface area contributed by atoms with E-state index in [4.69, 9.17) is 0 Å². The summed E-state index contributed by atoms with van der Waals surface area (Å²) in [7, 11) is 0. The highest BCUT2D eigenvalue weighted by atomic mass is 79.9. The molecule has 118 valence electrons. The molecule has 0 N–H and O–H groups in total. The number of hydrogen-bond acceptors (Lipinski definition) is 1.